The van der Waals surface area contributed by atoms with E-state index in [2.05, 4.69) is 5.32 Å². The number of nitrogens with one attached hydrogen (secondary N) is 1. The summed E-state index contributed by atoms with van der Waals surface area (Å²) in [6, 6.07) is 4.71. The van der Waals surface area contributed by atoms with E-state index < -0.39 is 0 Å². The molecular weight excluding hydrogens is 204 g/mol. The second-order valence-electron chi connectivity index (χ2n) is 3.44. The number of nitrogen functional groups attached to an aromatic ring is 1. The van der Waals surface area contributed by atoms with Crippen LogP contribution >= 0.6 is 0 Å². The fraction of sp³-hybridized carbons (Fsp3) is 0.250. The van der Waals surface area contributed by atoms with E-state index in [-0.39, 0.29) is 11.7 Å². The maximum atomic E-state index is 11.3. The first-order valence-electron chi connectivity index (χ1n) is 5.18. The van der Waals surface area contributed by atoms with Crippen LogP contribution in [-0.4, -0.2) is 17.6 Å². The molecule has 1 aromatic rings. The summed E-state index contributed by atoms with van der Waals surface area (Å²) in [5, 5.41) is 12.2. The highest BCUT2D eigenvalue weighted by Crippen LogP contribution is 2.20. The summed E-state index contributed by atoms with van der Waals surface area (Å²) in [5.41, 5.74) is 6.65. The molecule has 0 bridgehead atoms. The molecule has 1 rings (SSSR count). The van der Waals surface area contributed by atoms with E-state index in [4.69, 9.17) is 5.73 Å². The second-order valence-corrected chi connectivity index (χ2v) is 3.44. The van der Waals surface area contributed by atoms with Crippen molar-refractivity contribution in [2.24, 2.45) is 0 Å². The highest BCUT2D eigenvalue weighted by molar-refractivity contribution is 5.92. The van der Waals surface area contributed by atoms with Gasteiger partial charge in [-0.15, -0.1) is 0 Å². The Hall–Kier alpha value is -1.97. The van der Waals surface area contributed by atoms with E-state index in [0.717, 1.165) is 6.42 Å². The van der Waals surface area contributed by atoms with Crippen molar-refractivity contribution < 1.29 is 9.90 Å². The number of benzene rings is 1. The summed E-state index contributed by atoms with van der Waals surface area (Å²) >= 11 is 0. The molecule has 0 aliphatic rings. The standard InChI is InChI=1S/C12H16N2O2/c1-2-7-14-12(16)6-3-9-8-10(13)4-5-11(9)15/h3-6,8,15H,2,7,13H2,1H3,(H,14,16)/b6-3+. The lowest BCUT2D eigenvalue weighted by Gasteiger charge is -2.01. The molecule has 0 unspecified atom stereocenters. The molecule has 0 aliphatic heterocycles. The van der Waals surface area contributed by atoms with Gasteiger partial charge < -0.3 is 16.2 Å². The van der Waals surface area contributed by atoms with Gasteiger partial charge in [0.2, 0.25) is 5.91 Å². The fourth-order valence-corrected chi connectivity index (χ4v) is 1.18. The van der Waals surface area contributed by atoms with Gasteiger partial charge in [-0.2, -0.15) is 0 Å². The minimum atomic E-state index is -0.177. The van der Waals surface area contributed by atoms with Gasteiger partial charge in [0.25, 0.3) is 0 Å². The molecule has 4 nitrogen and oxygen atoms in total. The number of anilines is 1. The predicted molar refractivity (Wildman–Crippen MR) is 64.9 cm³/mol. The molecule has 0 aliphatic carbocycles. The molecule has 4 heteroatoms. The summed E-state index contributed by atoms with van der Waals surface area (Å²) in [4.78, 5) is 11.3. The second kappa shape index (κ2) is 5.80. The van der Waals surface area contributed by atoms with E-state index in [1.54, 1.807) is 12.1 Å². The SMILES string of the molecule is CCCNC(=O)/C=C/c1cc(N)ccc1O. The van der Waals surface area contributed by atoms with Crippen LogP contribution in [0.2, 0.25) is 0 Å². The largest absolute Gasteiger partial charge is 0.507 e. The Morgan fingerprint density at radius 2 is 2.31 bits per heavy atom. The van der Waals surface area contributed by atoms with Crippen molar-refractivity contribution in [3.05, 3.63) is 29.8 Å². The monoisotopic (exact) mass is 220 g/mol. The van der Waals surface area contributed by atoms with E-state index in [9.17, 15) is 9.90 Å². The van der Waals surface area contributed by atoms with E-state index in [1.165, 1.54) is 18.2 Å². The summed E-state index contributed by atoms with van der Waals surface area (Å²) in [6.45, 7) is 2.62. The topological polar surface area (TPSA) is 75.4 Å². The maximum Gasteiger partial charge on any atom is 0.244 e. The number of hydrogen-bond acceptors (Lipinski definition) is 3. The third kappa shape index (κ3) is 3.65. The Morgan fingerprint density at radius 1 is 1.56 bits per heavy atom. The number of carbonyl (C=O) groups is 1. The number of aromatic hydroxyl groups is 1. The van der Waals surface area contributed by atoms with Crippen LogP contribution < -0.4 is 11.1 Å². The Morgan fingerprint density at radius 3 is 3.00 bits per heavy atom. The van der Waals surface area contributed by atoms with Crippen molar-refractivity contribution in [1.29, 1.82) is 0 Å². The molecule has 1 amide bonds. The van der Waals surface area contributed by atoms with Gasteiger partial charge in [0.15, 0.2) is 0 Å². The first-order valence-corrected chi connectivity index (χ1v) is 5.18. The van der Waals surface area contributed by atoms with Crippen molar-refractivity contribution in [2.45, 2.75) is 13.3 Å². The van der Waals surface area contributed by atoms with Crippen molar-refractivity contribution >= 4 is 17.7 Å². The Bertz CT molecular complexity index is 400. The van der Waals surface area contributed by atoms with Gasteiger partial charge in [0, 0.05) is 23.9 Å². The minimum Gasteiger partial charge on any atom is -0.507 e. The molecular formula is C12H16N2O2. The molecule has 16 heavy (non-hydrogen) atoms. The lowest BCUT2D eigenvalue weighted by atomic mass is 10.1. The number of hydrogen-bond donors (Lipinski definition) is 3. The van der Waals surface area contributed by atoms with Crippen LogP contribution in [0.4, 0.5) is 5.69 Å². The van der Waals surface area contributed by atoms with Crippen LogP contribution in [0, 0.1) is 0 Å². The average Bonchev–Trinajstić information content (AvgIpc) is 2.27. The lowest BCUT2D eigenvalue weighted by Crippen LogP contribution is -2.21. The summed E-state index contributed by atoms with van der Waals surface area (Å²) in [7, 11) is 0. The van der Waals surface area contributed by atoms with Crippen molar-refractivity contribution in [3.63, 3.8) is 0 Å². The zero-order chi connectivity index (χ0) is 12.0. The smallest absolute Gasteiger partial charge is 0.244 e. The minimum absolute atomic E-state index is 0.105. The van der Waals surface area contributed by atoms with Crippen molar-refractivity contribution in [2.75, 3.05) is 12.3 Å². The first kappa shape index (κ1) is 12.1. The molecule has 86 valence electrons. The highest BCUT2D eigenvalue weighted by atomic mass is 16.3. The van der Waals surface area contributed by atoms with Gasteiger partial charge in [0.1, 0.15) is 5.75 Å². The lowest BCUT2D eigenvalue weighted by molar-refractivity contribution is -0.116. The normalized spacial score (nSPS) is 10.6. The molecule has 0 saturated heterocycles. The third-order valence-corrected chi connectivity index (χ3v) is 2.02. The molecule has 0 radical (unpaired) electrons. The molecule has 0 atom stereocenters. The molecule has 0 heterocycles. The number of phenolic OH excluding ortho intramolecular Hbond substituents is 1. The maximum absolute atomic E-state index is 11.3. The van der Waals surface area contributed by atoms with Crippen LogP contribution in [-0.2, 0) is 4.79 Å². The zero-order valence-corrected chi connectivity index (χ0v) is 9.23. The van der Waals surface area contributed by atoms with Crippen LogP contribution in [0.15, 0.2) is 24.3 Å². The Kier molecular flexibility index (Phi) is 4.39. The number of rotatable bonds is 4. The van der Waals surface area contributed by atoms with Gasteiger partial charge in [-0.05, 0) is 30.7 Å². The molecule has 1 aromatic carbocycles. The number of nitrogens with two attached hydrogens (primary N) is 1. The molecule has 0 spiro atoms. The quantitative estimate of drug-likeness (QED) is 0.409. The number of carbonyl (C=O) groups excluding carboxylic acids is 1. The Labute approximate surface area is 94.8 Å². The van der Waals surface area contributed by atoms with Crippen molar-refractivity contribution in [1.82, 2.24) is 5.32 Å². The van der Waals surface area contributed by atoms with Crippen molar-refractivity contribution in [3.8, 4) is 5.75 Å². The summed E-state index contributed by atoms with van der Waals surface area (Å²) < 4.78 is 0. The number of amides is 1. The van der Waals surface area contributed by atoms with Crippen LogP contribution in [0.3, 0.4) is 0 Å². The Balaban J connectivity index is 2.68. The molecule has 4 N–H and O–H groups in total. The summed E-state index contributed by atoms with van der Waals surface area (Å²) in [6.07, 6.45) is 3.81. The van der Waals surface area contributed by atoms with E-state index >= 15 is 0 Å². The third-order valence-electron chi connectivity index (χ3n) is 2.02. The first-order chi connectivity index (χ1) is 7.63. The van der Waals surface area contributed by atoms with Crippen LogP contribution in [0.25, 0.3) is 6.08 Å². The van der Waals surface area contributed by atoms with E-state index in [0.29, 0.717) is 17.8 Å². The highest BCUT2D eigenvalue weighted by Gasteiger charge is 1.98. The molecule has 0 fully saturated rings. The van der Waals surface area contributed by atoms with Gasteiger partial charge in [-0.3, -0.25) is 4.79 Å². The van der Waals surface area contributed by atoms with Crippen LogP contribution in [0.5, 0.6) is 5.75 Å². The predicted octanol–water partition coefficient (Wildman–Crippen LogP) is 1.51. The molecule has 0 saturated carbocycles. The fourth-order valence-electron chi connectivity index (χ4n) is 1.18. The van der Waals surface area contributed by atoms with Gasteiger partial charge in [0.05, 0.1) is 0 Å². The molecule has 0 aromatic heterocycles. The summed E-state index contributed by atoms with van der Waals surface area (Å²) in [5.74, 6) is -0.0718. The van der Waals surface area contributed by atoms with Gasteiger partial charge in [-0.25, -0.2) is 0 Å². The average molecular weight is 220 g/mol. The number of phenols is 1. The van der Waals surface area contributed by atoms with Crippen LogP contribution in [0.1, 0.15) is 18.9 Å². The van der Waals surface area contributed by atoms with E-state index in [1.807, 2.05) is 6.92 Å². The van der Waals surface area contributed by atoms with Gasteiger partial charge in [-0.1, -0.05) is 6.92 Å². The zero-order valence-electron chi connectivity index (χ0n) is 9.23. The van der Waals surface area contributed by atoms with Gasteiger partial charge >= 0.3 is 0 Å².